The van der Waals surface area contributed by atoms with Crippen LogP contribution >= 0.6 is 11.3 Å². The van der Waals surface area contributed by atoms with Crippen molar-refractivity contribution in [1.29, 1.82) is 0 Å². The van der Waals surface area contributed by atoms with Crippen molar-refractivity contribution in [2.24, 2.45) is 5.92 Å². The number of nitrogens with zero attached hydrogens (tertiary/aromatic N) is 4. The van der Waals surface area contributed by atoms with Crippen molar-refractivity contribution in [3.8, 4) is 33.6 Å². The van der Waals surface area contributed by atoms with E-state index in [1.807, 2.05) is 11.3 Å². The molecular formula is C97H72N4OS. The molecule has 6 heteroatoms. The van der Waals surface area contributed by atoms with Crippen molar-refractivity contribution < 1.29 is 4.42 Å². The molecule has 0 aliphatic heterocycles. The third-order valence-electron chi connectivity index (χ3n) is 22.2. The van der Waals surface area contributed by atoms with Crippen LogP contribution in [-0.4, -0.2) is 21.2 Å². The van der Waals surface area contributed by atoms with Crippen LogP contribution in [0.1, 0.15) is 49.7 Å². The van der Waals surface area contributed by atoms with Crippen LogP contribution in [0.15, 0.2) is 361 Å². The van der Waals surface area contributed by atoms with Crippen LogP contribution in [0.5, 0.6) is 0 Å². The Morgan fingerprint density at radius 3 is 1.65 bits per heavy atom. The number of hydrogen-bond donors (Lipinski definition) is 0. The highest BCUT2D eigenvalue weighted by Crippen LogP contribution is 2.49. The summed E-state index contributed by atoms with van der Waals surface area (Å²) in [6.07, 6.45) is 34.2. The van der Waals surface area contributed by atoms with Crippen molar-refractivity contribution in [1.82, 2.24) is 9.13 Å². The van der Waals surface area contributed by atoms with Crippen LogP contribution < -0.4 is 9.80 Å². The van der Waals surface area contributed by atoms with Gasteiger partial charge < -0.3 is 23.4 Å². The number of benzene rings is 12. The summed E-state index contributed by atoms with van der Waals surface area (Å²) in [5, 5.41) is 9.74. The molecule has 0 spiro atoms. The summed E-state index contributed by atoms with van der Waals surface area (Å²) in [6.45, 7) is 2.35. The van der Waals surface area contributed by atoms with E-state index in [4.69, 9.17) is 4.42 Å². The van der Waals surface area contributed by atoms with Gasteiger partial charge in [0.1, 0.15) is 11.2 Å². The van der Waals surface area contributed by atoms with E-state index in [2.05, 4.69) is 372 Å². The van der Waals surface area contributed by atoms with Gasteiger partial charge in [0, 0.05) is 82.1 Å². The minimum atomic E-state index is 0.0472. The lowest BCUT2D eigenvalue weighted by molar-refractivity contribution is 0.614. The molecule has 4 heterocycles. The van der Waals surface area contributed by atoms with Crippen molar-refractivity contribution in [3.05, 3.63) is 368 Å². The maximum absolute atomic E-state index is 7.35. The number of para-hydroxylation sites is 6. The molecule has 4 unspecified atom stereocenters. The lowest BCUT2D eigenvalue weighted by Crippen LogP contribution is -2.42. The number of anilines is 4. The first-order valence-electron chi connectivity index (χ1n) is 36.3. The molecule has 12 aromatic carbocycles. The average Bonchev–Trinajstić information content (AvgIpc) is 1.79. The van der Waals surface area contributed by atoms with E-state index in [-0.39, 0.29) is 12.1 Å². The number of aromatic nitrogens is 2. The van der Waals surface area contributed by atoms with Gasteiger partial charge in [-0.05, 0) is 150 Å². The minimum Gasteiger partial charge on any atom is -0.455 e. The molecular weight excluding hydrogens is 1270 g/mol. The van der Waals surface area contributed by atoms with Crippen molar-refractivity contribution in [3.63, 3.8) is 0 Å². The van der Waals surface area contributed by atoms with E-state index in [0.717, 1.165) is 104 Å². The first kappa shape index (κ1) is 60.7. The van der Waals surface area contributed by atoms with Gasteiger partial charge in [-0.2, -0.15) is 0 Å². The van der Waals surface area contributed by atoms with E-state index in [1.54, 1.807) is 0 Å². The second-order valence-electron chi connectivity index (χ2n) is 28.0. The number of fused-ring (bicyclic) bond motifs is 12. The van der Waals surface area contributed by atoms with Gasteiger partial charge in [-0.25, -0.2) is 0 Å². The van der Waals surface area contributed by atoms with E-state index >= 15 is 0 Å². The fourth-order valence-electron chi connectivity index (χ4n) is 17.3. The maximum Gasteiger partial charge on any atom is 0.143 e. The van der Waals surface area contributed by atoms with Gasteiger partial charge in [0.05, 0.1) is 61.3 Å². The molecule has 492 valence electrons. The summed E-state index contributed by atoms with van der Waals surface area (Å²) in [7, 11) is 0. The first-order valence-corrected chi connectivity index (χ1v) is 37.2. The SMILES string of the molecule is CC1CC=CC=C1C1=CCC(N(c2cccc3oc4c(-c5ccc(-c6ccc(N(c7ccc(C8C=CC=CC8)cc7)c7cccc8c7sc7ccccc78)cc6)c(-n6c7ccccc7c7ccccc76)c5)cccc4c23)C2C=CC(c3ccccc3-n3c4ccccc4c4ccccc43)=CC2)C=C1. The number of furan rings is 1. The van der Waals surface area contributed by atoms with Gasteiger partial charge in [0.2, 0.25) is 0 Å². The number of rotatable bonds is 13. The molecule has 4 aliphatic carbocycles. The van der Waals surface area contributed by atoms with Crippen molar-refractivity contribution in [2.45, 2.75) is 50.6 Å². The highest BCUT2D eigenvalue weighted by atomic mass is 32.1. The molecule has 0 saturated heterocycles. The molecule has 0 fully saturated rings. The number of thiophene rings is 1. The predicted octanol–water partition coefficient (Wildman–Crippen LogP) is 26.5. The summed E-state index contributed by atoms with van der Waals surface area (Å²) in [5.41, 5.74) is 24.2. The first-order chi connectivity index (χ1) is 51.0. The van der Waals surface area contributed by atoms with Crippen molar-refractivity contribution >= 4 is 125 Å². The molecule has 4 aliphatic rings. The van der Waals surface area contributed by atoms with Crippen LogP contribution in [0.4, 0.5) is 22.7 Å². The molecule has 103 heavy (non-hydrogen) atoms. The Labute approximate surface area is 603 Å². The van der Waals surface area contributed by atoms with Crippen LogP contribution in [0.25, 0.3) is 125 Å². The van der Waals surface area contributed by atoms with E-state index in [9.17, 15) is 0 Å². The van der Waals surface area contributed by atoms with Crippen LogP contribution in [0.3, 0.4) is 0 Å². The van der Waals surface area contributed by atoms with Gasteiger partial charge in [-0.1, -0.05) is 268 Å². The fraction of sp³-hybridized carbons (Fsp3) is 0.0928. The maximum atomic E-state index is 7.35. The standard InChI is InChI=1S/C97H72N4OS/c1-63-22-5-6-25-74(63)66-46-55-70(56-47-66)98(71-57-48-67(49-58-71)75-26-7-13-35-85(75)100-86-36-14-8-27-78(86)79-28-9-15-37-87(79)100)90-40-21-42-93-95(90)84-34-19-32-77(96(84)102-93)69-52-61-76(92(62-69)101-88-38-16-10-29-80(88)81-30-11-17-39-89(81)101)68-50-59-73(60-51-68)99(72-53-44-65(45-54-72)64-23-3-2-4-24-64)91-41-20-33-83-82-31-12-18-43-94(82)103-97(83)91/h2-21,23,25-55,57,59-64,70-71H,22,24,56,58H2,1H3. The molecule has 16 aromatic rings. The lowest BCUT2D eigenvalue weighted by Gasteiger charge is -2.40. The fourth-order valence-corrected chi connectivity index (χ4v) is 18.5. The Balaban J connectivity index is 0.706. The summed E-state index contributed by atoms with van der Waals surface area (Å²) in [6, 6.07) is 99.1. The zero-order valence-electron chi connectivity index (χ0n) is 57.2. The van der Waals surface area contributed by atoms with Crippen LogP contribution in [0, 0.1) is 5.92 Å². The third-order valence-corrected chi connectivity index (χ3v) is 23.4. The highest BCUT2D eigenvalue weighted by Gasteiger charge is 2.31. The lowest BCUT2D eigenvalue weighted by atomic mass is 9.84. The second-order valence-corrected chi connectivity index (χ2v) is 29.1. The van der Waals surface area contributed by atoms with E-state index < -0.39 is 0 Å². The summed E-state index contributed by atoms with van der Waals surface area (Å²) >= 11 is 1.87. The number of allylic oxidation sites excluding steroid dienone is 12. The molecule has 0 radical (unpaired) electrons. The van der Waals surface area contributed by atoms with Crippen LogP contribution in [-0.2, 0) is 0 Å². The molecule has 0 bridgehead atoms. The van der Waals surface area contributed by atoms with Gasteiger partial charge in [0.15, 0.2) is 0 Å². The topological polar surface area (TPSA) is 29.5 Å². The molecule has 0 saturated carbocycles. The Morgan fingerprint density at radius 2 is 0.981 bits per heavy atom. The molecule has 0 N–H and O–H groups in total. The summed E-state index contributed by atoms with van der Waals surface area (Å²) in [4.78, 5) is 5.15. The zero-order valence-corrected chi connectivity index (χ0v) is 58.0. The average molecular weight is 1340 g/mol. The second kappa shape index (κ2) is 25.1. The quantitative estimate of drug-likeness (QED) is 0.115. The molecule has 5 nitrogen and oxygen atoms in total. The Morgan fingerprint density at radius 1 is 0.417 bits per heavy atom. The number of hydrogen-bond acceptors (Lipinski definition) is 4. The third kappa shape index (κ3) is 10.3. The molecule has 4 atom stereocenters. The Hall–Kier alpha value is -12.2. The molecule has 4 aromatic heterocycles. The molecule has 20 rings (SSSR count). The zero-order chi connectivity index (χ0) is 68.1. The normalized spacial score (nSPS) is 17.4. The van der Waals surface area contributed by atoms with Gasteiger partial charge >= 0.3 is 0 Å². The Kier molecular flexibility index (Phi) is 14.8. The highest BCUT2D eigenvalue weighted by molar-refractivity contribution is 7.26. The van der Waals surface area contributed by atoms with Crippen molar-refractivity contribution in [2.75, 3.05) is 9.80 Å². The monoisotopic (exact) mass is 1340 g/mol. The smallest absolute Gasteiger partial charge is 0.143 e. The van der Waals surface area contributed by atoms with Gasteiger partial charge in [-0.15, -0.1) is 11.3 Å². The van der Waals surface area contributed by atoms with Gasteiger partial charge in [-0.3, -0.25) is 0 Å². The minimum absolute atomic E-state index is 0.0472. The molecule has 0 amide bonds. The largest absolute Gasteiger partial charge is 0.455 e. The summed E-state index contributed by atoms with van der Waals surface area (Å²) < 4.78 is 14.9. The Bertz CT molecular complexity index is 6260. The summed E-state index contributed by atoms with van der Waals surface area (Å²) in [5.74, 6) is 0.831. The van der Waals surface area contributed by atoms with Gasteiger partial charge in [0.25, 0.3) is 0 Å². The van der Waals surface area contributed by atoms with E-state index in [0.29, 0.717) is 11.8 Å². The van der Waals surface area contributed by atoms with E-state index in [1.165, 1.54) is 92.0 Å². The van der Waals surface area contributed by atoms with Crippen LogP contribution in [0.2, 0.25) is 0 Å². The predicted molar refractivity (Wildman–Crippen MR) is 438 cm³/mol.